The molecule has 0 aromatic heterocycles. The topological polar surface area (TPSA) is 55.8 Å². The molecule has 1 unspecified atom stereocenters. The fourth-order valence-corrected chi connectivity index (χ4v) is 1.63. The van der Waals surface area contributed by atoms with Crippen molar-refractivity contribution < 1.29 is 28.2 Å². The van der Waals surface area contributed by atoms with Crippen LogP contribution in [0.5, 0.6) is 5.75 Å². The number of benzene rings is 1. The Morgan fingerprint density at radius 3 is 2.50 bits per heavy atom. The molecule has 0 saturated carbocycles. The molecule has 1 N–H and O–H groups in total. The zero-order chi connectivity index (χ0) is 15.5. The van der Waals surface area contributed by atoms with Gasteiger partial charge in [-0.05, 0) is 26.0 Å². The lowest BCUT2D eigenvalue weighted by Gasteiger charge is -2.22. The molecule has 1 atom stereocenters. The van der Waals surface area contributed by atoms with E-state index < -0.39 is 23.6 Å². The van der Waals surface area contributed by atoms with Gasteiger partial charge >= 0.3 is 11.9 Å². The molecule has 1 rings (SSSR count). The Hall–Kier alpha value is -1.40. The van der Waals surface area contributed by atoms with Crippen LogP contribution in [-0.4, -0.2) is 30.4 Å². The Labute approximate surface area is 120 Å². The van der Waals surface area contributed by atoms with Gasteiger partial charge in [-0.1, -0.05) is 17.7 Å². The van der Waals surface area contributed by atoms with E-state index in [9.17, 15) is 18.7 Å². The second-order valence-electron chi connectivity index (χ2n) is 4.36. The molecule has 0 aliphatic carbocycles. The lowest BCUT2D eigenvalue weighted by atomic mass is 10.0. The molecule has 0 fully saturated rings. The van der Waals surface area contributed by atoms with Crippen molar-refractivity contribution in [1.82, 2.24) is 0 Å². The average molecular weight is 309 g/mol. The number of hydrogen-bond donors (Lipinski definition) is 1. The van der Waals surface area contributed by atoms with Crippen LogP contribution in [0.1, 0.15) is 19.4 Å². The maximum Gasteiger partial charge on any atom is 0.341 e. The van der Waals surface area contributed by atoms with Crippen molar-refractivity contribution in [1.29, 1.82) is 0 Å². The molecule has 7 heteroatoms. The van der Waals surface area contributed by atoms with Gasteiger partial charge in [0.1, 0.15) is 5.75 Å². The summed E-state index contributed by atoms with van der Waals surface area (Å²) in [7, 11) is 0.913. The summed E-state index contributed by atoms with van der Waals surface area (Å²) >= 11 is 5.84. The first-order valence-electron chi connectivity index (χ1n) is 5.80. The van der Waals surface area contributed by atoms with E-state index in [2.05, 4.69) is 4.74 Å². The van der Waals surface area contributed by atoms with Crippen molar-refractivity contribution in [2.75, 3.05) is 7.11 Å². The second kappa shape index (κ2) is 6.37. The standard InChI is InChI=1S/C13H15ClF2O4/c1-7(2)20-10-6-8(4-5-9(10)14)13(15,16)11(17)12(18)19-3/h4-7,11,17H,1-3H3. The maximum absolute atomic E-state index is 14.0. The minimum absolute atomic E-state index is 0.0518. The molecule has 0 radical (unpaired) electrons. The normalized spacial score (nSPS) is 13.2. The smallest absolute Gasteiger partial charge is 0.341 e. The molecule has 0 aliphatic heterocycles. The molecule has 0 amide bonds. The minimum Gasteiger partial charge on any atom is -0.489 e. The SMILES string of the molecule is COC(=O)C(O)C(F)(F)c1ccc(Cl)c(OC(C)C)c1. The molecular weight excluding hydrogens is 294 g/mol. The lowest BCUT2D eigenvalue weighted by Crippen LogP contribution is -2.38. The molecule has 112 valence electrons. The minimum atomic E-state index is -3.81. The molecule has 0 bridgehead atoms. The number of methoxy groups -OCH3 is 1. The van der Waals surface area contributed by atoms with Crippen LogP contribution in [0.15, 0.2) is 18.2 Å². The predicted octanol–water partition coefficient (Wildman–Crippen LogP) is 2.75. The Bertz CT molecular complexity index is 491. The molecule has 0 spiro atoms. The number of aliphatic hydroxyl groups is 1. The molecule has 4 nitrogen and oxygen atoms in total. The van der Waals surface area contributed by atoms with Gasteiger partial charge in [0.25, 0.3) is 0 Å². The molecule has 0 aliphatic rings. The van der Waals surface area contributed by atoms with E-state index in [0.717, 1.165) is 19.2 Å². The molecule has 0 heterocycles. The first-order chi connectivity index (χ1) is 9.20. The highest BCUT2D eigenvalue weighted by atomic mass is 35.5. The van der Waals surface area contributed by atoms with Gasteiger partial charge in [-0.15, -0.1) is 0 Å². The third-order valence-corrected chi connectivity index (χ3v) is 2.76. The Balaban J connectivity index is 3.15. The predicted molar refractivity (Wildman–Crippen MR) is 69.1 cm³/mol. The molecule has 20 heavy (non-hydrogen) atoms. The van der Waals surface area contributed by atoms with Gasteiger partial charge in [0.05, 0.1) is 18.2 Å². The van der Waals surface area contributed by atoms with Crippen LogP contribution < -0.4 is 4.74 Å². The van der Waals surface area contributed by atoms with Crippen molar-refractivity contribution >= 4 is 17.6 Å². The molecule has 1 aromatic carbocycles. The van der Waals surface area contributed by atoms with Crippen molar-refractivity contribution in [3.8, 4) is 5.75 Å². The lowest BCUT2D eigenvalue weighted by molar-refractivity contribution is -0.176. The number of halogens is 3. The van der Waals surface area contributed by atoms with Crippen LogP contribution >= 0.6 is 11.6 Å². The first kappa shape index (κ1) is 16.7. The van der Waals surface area contributed by atoms with Gasteiger partial charge in [0.2, 0.25) is 6.10 Å². The monoisotopic (exact) mass is 308 g/mol. The van der Waals surface area contributed by atoms with Crippen LogP contribution in [-0.2, 0) is 15.5 Å². The number of hydrogen-bond acceptors (Lipinski definition) is 4. The number of carbonyl (C=O) groups excluding carboxylic acids is 1. The molecular formula is C13H15ClF2O4. The van der Waals surface area contributed by atoms with Gasteiger partial charge < -0.3 is 14.6 Å². The van der Waals surface area contributed by atoms with Gasteiger partial charge in [0, 0.05) is 5.56 Å². The van der Waals surface area contributed by atoms with Crippen LogP contribution in [0.25, 0.3) is 0 Å². The summed E-state index contributed by atoms with van der Waals surface area (Å²) in [4.78, 5) is 11.1. The molecule has 0 saturated heterocycles. The summed E-state index contributed by atoms with van der Waals surface area (Å²) in [5.74, 6) is -5.18. The number of rotatable bonds is 5. The fraction of sp³-hybridized carbons (Fsp3) is 0.462. The van der Waals surface area contributed by atoms with E-state index in [4.69, 9.17) is 16.3 Å². The average Bonchev–Trinajstić information content (AvgIpc) is 2.38. The number of carbonyl (C=O) groups is 1. The largest absolute Gasteiger partial charge is 0.489 e. The Morgan fingerprint density at radius 2 is 2.00 bits per heavy atom. The highest BCUT2D eigenvalue weighted by molar-refractivity contribution is 6.32. The van der Waals surface area contributed by atoms with Crippen molar-refractivity contribution in [3.63, 3.8) is 0 Å². The summed E-state index contributed by atoms with van der Waals surface area (Å²) < 4.78 is 37.4. The third-order valence-electron chi connectivity index (χ3n) is 2.45. The Morgan fingerprint density at radius 1 is 1.40 bits per heavy atom. The number of ether oxygens (including phenoxy) is 2. The summed E-state index contributed by atoms with van der Waals surface area (Å²) in [6, 6.07) is 3.22. The zero-order valence-electron chi connectivity index (χ0n) is 11.2. The van der Waals surface area contributed by atoms with Crippen molar-refractivity contribution in [2.45, 2.75) is 32.0 Å². The van der Waals surface area contributed by atoms with E-state index in [1.807, 2.05) is 0 Å². The fourth-order valence-electron chi connectivity index (χ4n) is 1.47. The van der Waals surface area contributed by atoms with E-state index in [-0.39, 0.29) is 16.9 Å². The summed E-state index contributed by atoms with van der Waals surface area (Å²) in [6.07, 6.45) is -2.86. The van der Waals surface area contributed by atoms with Crippen LogP contribution in [0.4, 0.5) is 8.78 Å². The van der Waals surface area contributed by atoms with E-state index in [1.54, 1.807) is 13.8 Å². The highest BCUT2D eigenvalue weighted by Crippen LogP contribution is 2.37. The van der Waals surface area contributed by atoms with Gasteiger partial charge in [0.15, 0.2) is 0 Å². The van der Waals surface area contributed by atoms with Gasteiger partial charge in [-0.3, -0.25) is 0 Å². The van der Waals surface area contributed by atoms with E-state index in [0.29, 0.717) is 0 Å². The van der Waals surface area contributed by atoms with E-state index >= 15 is 0 Å². The van der Waals surface area contributed by atoms with Crippen molar-refractivity contribution in [2.24, 2.45) is 0 Å². The number of aliphatic hydroxyl groups excluding tert-OH is 1. The Kier molecular flexibility index (Phi) is 5.30. The zero-order valence-corrected chi connectivity index (χ0v) is 11.9. The van der Waals surface area contributed by atoms with Gasteiger partial charge in [-0.2, -0.15) is 8.78 Å². The first-order valence-corrected chi connectivity index (χ1v) is 6.18. The van der Waals surface area contributed by atoms with Crippen LogP contribution in [0.2, 0.25) is 5.02 Å². The third kappa shape index (κ3) is 3.58. The maximum atomic E-state index is 14.0. The summed E-state index contributed by atoms with van der Waals surface area (Å²) in [5.41, 5.74) is -0.588. The van der Waals surface area contributed by atoms with E-state index in [1.165, 1.54) is 6.07 Å². The number of alkyl halides is 2. The number of esters is 1. The summed E-state index contributed by atoms with van der Waals surface area (Å²) in [5, 5.41) is 9.50. The summed E-state index contributed by atoms with van der Waals surface area (Å²) in [6.45, 7) is 3.43. The van der Waals surface area contributed by atoms with Gasteiger partial charge in [-0.25, -0.2) is 4.79 Å². The highest BCUT2D eigenvalue weighted by Gasteiger charge is 2.46. The van der Waals surface area contributed by atoms with Crippen LogP contribution in [0, 0.1) is 0 Å². The van der Waals surface area contributed by atoms with Crippen LogP contribution in [0.3, 0.4) is 0 Å². The van der Waals surface area contributed by atoms with Crippen molar-refractivity contribution in [3.05, 3.63) is 28.8 Å². The molecule has 1 aromatic rings. The second-order valence-corrected chi connectivity index (χ2v) is 4.77. The quantitative estimate of drug-likeness (QED) is 0.850.